The van der Waals surface area contributed by atoms with Gasteiger partial charge in [-0.15, -0.1) is 0 Å². The van der Waals surface area contributed by atoms with Crippen molar-refractivity contribution in [3.8, 4) is 0 Å². The van der Waals surface area contributed by atoms with E-state index in [0.29, 0.717) is 30.5 Å². The molecule has 0 radical (unpaired) electrons. The number of aromatic nitrogens is 2. The SMILES string of the molecule is Nc1ncnc2cc(CN3CCN(C(=O)C=Cc4cccc(Cl)c4)CC3=O)ccc12. The molecule has 3 aromatic rings. The third-order valence-electron chi connectivity index (χ3n) is 5.00. The van der Waals surface area contributed by atoms with Gasteiger partial charge in [-0.1, -0.05) is 29.8 Å². The van der Waals surface area contributed by atoms with E-state index in [4.69, 9.17) is 17.3 Å². The Balaban J connectivity index is 1.38. The number of nitrogens with zero attached hydrogens (tertiary/aromatic N) is 4. The number of rotatable bonds is 4. The minimum absolute atomic E-state index is 0.0570. The molecule has 1 aromatic heterocycles. The van der Waals surface area contributed by atoms with Crippen molar-refractivity contribution in [1.82, 2.24) is 19.8 Å². The normalized spacial score (nSPS) is 14.6. The second-order valence-electron chi connectivity index (χ2n) is 7.07. The molecule has 2 amide bonds. The van der Waals surface area contributed by atoms with Crippen molar-refractivity contribution in [2.75, 3.05) is 25.4 Å². The highest BCUT2D eigenvalue weighted by Gasteiger charge is 2.26. The molecule has 8 heteroatoms. The Labute approximate surface area is 178 Å². The van der Waals surface area contributed by atoms with E-state index < -0.39 is 0 Å². The van der Waals surface area contributed by atoms with Crippen molar-refractivity contribution < 1.29 is 9.59 Å². The lowest BCUT2D eigenvalue weighted by Crippen LogP contribution is -2.51. The van der Waals surface area contributed by atoms with Gasteiger partial charge in [-0.3, -0.25) is 9.59 Å². The summed E-state index contributed by atoms with van der Waals surface area (Å²) in [5, 5.41) is 1.39. The van der Waals surface area contributed by atoms with E-state index in [9.17, 15) is 9.59 Å². The third-order valence-corrected chi connectivity index (χ3v) is 5.24. The Bertz CT molecular complexity index is 1150. The van der Waals surface area contributed by atoms with E-state index in [1.807, 2.05) is 30.3 Å². The van der Waals surface area contributed by atoms with Crippen molar-refractivity contribution in [3.05, 3.63) is 71.0 Å². The maximum Gasteiger partial charge on any atom is 0.247 e. The summed E-state index contributed by atoms with van der Waals surface area (Å²) in [4.78, 5) is 36.6. The van der Waals surface area contributed by atoms with Crippen molar-refractivity contribution >= 4 is 46.2 Å². The average Bonchev–Trinajstić information content (AvgIpc) is 2.73. The Morgan fingerprint density at radius 1 is 1.17 bits per heavy atom. The maximum absolute atomic E-state index is 12.6. The lowest BCUT2D eigenvalue weighted by atomic mass is 10.1. The lowest BCUT2D eigenvalue weighted by Gasteiger charge is -2.34. The molecule has 0 spiro atoms. The van der Waals surface area contributed by atoms with Crippen LogP contribution in [0.4, 0.5) is 5.82 Å². The van der Waals surface area contributed by atoms with Gasteiger partial charge >= 0.3 is 0 Å². The van der Waals surface area contributed by atoms with Gasteiger partial charge in [0.05, 0.1) is 5.52 Å². The highest BCUT2D eigenvalue weighted by molar-refractivity contribution is 6.30. The van der Waals surface area contributed by atoms with Crippen LogP contribution in [0, 0.1) is 0 Å². The second-order valence-corrected chi connectivity index (χ2v) is 7.51. The fourth-order valence-corrected chi connectivity index (χ4v) is 3.59. The van der Waals surface area contributed by atoms with Crippen LogP contribution < -0.4 is 5.73 Å². The number of nitrogens with two attached hydrogens (primary N) is 1. The van der Waals surface area contributed by atoms with Gasteiger partial charge in [0.2, 0.25) is 11.8 Å². The van der Waals surface area contributed by atoms with Gasteiger partial charge < -0.3 is 15.5 Å². The van der Waals surface area contributed by atoms with Crippen molar-refractivity contribution in [2.24, 2.45) is 0 Å². The molecule has 2 aromatic carbocycles. The summed E-state index contributed by atoms with van der Waals surface area (Å²) in [5.74, 6) is 0.148. The Hall–Kier alpha value is -3.45. The molecule has 0 bridgehead atoms. The van der Waals surface area contributed by atoms with E-state index in [2.05, 4.69) is 9.97 Å². The first-order chi connectivity index (χ1) is 14.5. The number of anilines is 1. The van der Waals surface area contributed by atoms with Crippen LogP contribution in [0.15, 0.2) is 54.9 Å². The molecule has 30 heavy (non-hydrogen) atoms. The first kappa shape index (κ1) is 19.8. The molecule has 1 fully saturated rings. The van der Waals surface area contributed by atoms with E-state index in [1.54, 1.807) is 28.0 Å². The molecule has 1 saturated heterocycles. The molecule has 152 valence electrons. The first-order valence-corrected chi connectivity index (χ1v) is 9.87. The van der Waals surface area contributed by atoms with Gasteiger partial charge in [0, 0.05) is 36.1 Å². The van der Waals surface area contributed by atoms with Crippen molar-refractivity contribution in [3.63, 3.8) is 0 Å². The van der Waals surface area contributed by atoms with Crippen molar-refractivity contribution in [2.45, 2.75) is 6.54 Å². The molecule has 1 aliphatic heterocycles. The number of carbonyl (C=O) groups excluding carboxylic acids is 2. The van der Waals surface area contributed by atoms with Gasteiger partial charge in [0.15, 0.2) is 0 Å². The van der Waals surface area contributed by atoms with Crippen LogP contribution in [0.5, 0.6) is 0 Å². The van der Waals surface area contributed by atoms with E-state index >= 15 is 0 Å². The standard InChI is InChI=1S/C22H20ClN5O2/c23-17-3-1-2-15(10-17)5-7-20(29)28-9-8-27(21(30)13-28)12-16-4-6-18-19(11-16)25-14-26-22(18)24/h1-7,10-11,14H,8-9,12-13H2,(H2,24,25,26). The Morgan fingerprint density at radius 3 is 2.83 bits per heavy atom. The number of fused-ring (bicyclic) bond motifs is 1. The minimum atomic E-state index is -0.194. The number of carbonyl (C=O) groups is 2. The quantitative estimate of drug-likeness (QED) is 0.654. The fourth-order valence-electron chi connectivity index (χ4n) is 3.39. The third kappa shape index (κ3) is 4.41. The highest BCUT2D eigenvalue weighted by Crippen LogP contribution is 2.19. The van der Waals surface area contributed by atoms with E-state index in [-0.39, 0.29) is 18.4 Å². The van der Waals surface area contributed by atoms with Crippen LogP contribution in [0.2, 0.25) is 5.02 Å². The second kappa shape index (κ2) is 8.51. The zero-order chi connectivity index (χ0) is 21.1. The average molecular weight is 422 g/mol. The topological polar surface area (TPSA) is 92.4 Å². The van der Waals surface area contributed by atoms with Crippen LogP contribution >= 0.6 is 11.6 Å². The summed E-state index contributed by atoms with van der Waals surface area (Å²) >= 11 is 5.96. The zero-order valence-electron chi connectivity index (χ0n) is 16.2. The summed E-state index contributed by atoms with van der Waals surface area (Å²) in [6.45, 7) is 1.47. The maximum atomic E-state index is 12.6. The summed E-state index contributed by atoms with van der Waals surface area (Å²) in [5.41, 5.74) is 8.39. The number of benzene rings is 2. The predicted molar refractivity (Wildman–Crippen MR) is 116 cm³/mol. The van der Waals surface area contributed by atoms with Gasteiger partial charge in [-0.2, -0.15) is 0 Å². The molecule has 2 N–H and O–H groups in total. The molecule has 1 aliphatic rings. The molecule has 0 unspecified atom stereocenters. The largest absolute Gasteiger partial charge is 0.383 e. The smallest absolute Gasteiger partial charge is 0.247 e. The molecule has 0 aliphatic carbocycles. The lowest BCUT2D eigenvalue weighted by molar-refractivity contribution is -0.143. The van der Waals surface area contributed by atoms with Crippen molar-refractivity contribution in [1.29, 1.82) is 0 Å². The number of halogens is 1. The predicted octanol–water partition coefficient (Wildman–Crippen LogP) is 2.75. The molecule has 0 atom stereocenters. The number of hydrogen-bond donors (Lipinski definition) is 1. The zero-order valence-corrected chi connectivity index (χ0v) is 16.9. The molecule has 0 saturated carbocycles. The summed E-state index contributed by atoms with van der Waals surface area (Å²) in [7, 11) is 0. The number of hydrogen-bond acceptors (Lipinski definition) is 5. The van der Waals surface area contributed by atoms with Gasteiger partial charge in [0.25, 0.3) is 0 Å². The Morgan fingerprint density at radius 2 is 2.03 bits per heavy atom. The van der Waals surface area contributed by atoms with Crippen LogP contribution in [0.3, 0.4) is 0 Å². The summed E-state index contributed by atoms with van der Waals surface area (Å²) in [6, 6.07) is 12.9. The van der Waals surface area contributed by atoms with Crippen LogP contribution in [-0.2, 0) is 16.1 Å². The molecule has 2 heterocycles. The number of nitrogen functional groups attached to an aromatic ring is 1. The highest BCUT2D eigenvalue weighted by atomic mass is 35.5. The van der Waals surface area contributed by atoms with E-state index in [1.165, 1.54) is 12.4 Å². The molecule has 4 rings (SSSR count). The first-order valence-electron chi connectivity index (χ1n) is 9.49. The summed E-state index contributed by atoms with van der Waals surface area (Å²) in [6.07, 6.45) is 4.60. The summed E-state index contributed by atoms with van der Waals surface area (Å²) < 4.78 is 0. The number of amides is 2. The van der Waals surface area contributed by atoms with Gasteiger partial charge in [-0.05, 0) is 41.5 Å². The van der Waals surface area contributed by atoms with Crippen LogP contribution in [0.1, 0.15) is 11.1 Å². The molecular formula is C22H20ClN5O2. The molecule has 7 nitrogen and oxygen atoms in total. The number of piperazine rings is 1. The van der Waals surface area contributed by atoms with Gasteiger partial charge in [0.1, 0.15) is 18.7 Å². The Kier molecular flexibility index (Phi) is 5.63. The monoisotopic (exact) mass is 421 g/mol. The van der Waals surface area contributed by atoms with Gasteiger partial charge in [-0.25, -0.2) is 9.97 Å². The molecular weight excluding hydrogens is 402 g/mol. The van der Waals surface area contributed by atoms with E-state index in [0.717, 1.165) is 22.0 Å². The minimum Gasteiger partial charge on any atom is -0.383 e. The van der Waals surface area contributed by atoms with Crippen LogP contribution in [-0.4, -0.2) is 51.2 Å². The fraction of sp³-hybridized carbons (Fsp3) is 0.182. The van der Waals surface area contributed by atoms with Crippen LogP contribution in [0.25, 0.3) is 17.0 Å².